The number of aryl methyl sites for hydroxylation is 1. The first kappa shape index (κ1) is 14.9. The van der Waals surface area contributed by atoms with Gasteiger partial charge >= 0.3 is 0 Å². The van der Waals surface area contributed by atoms with Crippen molar-refractivity contribution < 1.29 is 13.9 Å². The molecule has 4 heteroatoms. The normalized spacial score (nSPS) is 17.6. The van der Waals surface area contributed by atoms with Crippen LogP contribution in [-0.4, -0.2) is 30.1 Å². The molecule has 3 rings (SSSR count). The summed E-state index contributed by atoms with van der Waals surface area (Å²) in [5.74, 6) is 0.811. The van der Waals surface area contributed by atoms with Crippen molar-refractivity contribution in [3.05, 3.63) is 59.5 Å². The molecule has 1 aliphatic rings. The highest BCUT2D eigenvalue weighted by Gasteiger charge is 2.24. The third kappa shape index (κ3) is 3.57. The summed E-state index contributed by atoms with van der Waals surface area (Å²) in [6, 6.07) is 11.4. The monoisotopic (exact) mass is 299 g/mol. The van der Waals surface area contributed by atoms with E-state index in [2.05, 4.69) is 0 Å². The van der Waals surface area contributed by atoms with Crippen molar-refractivity contribution in [2.75, 3.05) is 13.2 Å². The van der Waals surface area contributed by atoms with Gasteiger partial charge in [0.15, 0.2) is 0 Å². The molecule has 1 unspecified atom stereocenters. The molecule has 0 bridgehead atoms. The topological polar surface area (TPSA) is 42.7 Å². The number of carbonyl (C=O) groups excluding carboxylic acids is 1. The number of carbonyl (C=O) groups is 1. The minimum Gasteiger partial charge on any atom is -0.467 e. The average Bonchev–Trinajstić information content (AvgIpc) is 3.20. The summed E-state index contributed by atoms with van der Waals surface area (Å²) in [4.78, 5) is 14.6. The van der Waals surface area contributed by atoms with Crippen LogP contribution in [0.25, 0.3) is 0 Å². The van der Waals surface area contributed by atoms with Crippen LogP contribution in [0.2, 0.25) is 0 Å². The molecule has 1 amide bonds. The number of ether oxygens (including phenoxy) is 1. The molecule has 116 valence electrons. The molecule has 0 saturated carbocycles. The van der Waals surface area contributed by atoms with Gasteiger partial charge in [-0.05, 0) is 44.0 Å². The Hall–Kier alpha value is -2.07. The Bertz CT molecular complexity index is 598. The smallest absolute Gasteiger partial charge is 0.254 e. The molecule has 4 nitrogen and oxygen atoms in total. The minimum absolute atomic E-state index is 0.0203. The maximum atomic E-state index is 12.8. The highest BCUT2D eigenvalue weighted by molar-refractivity contribution is 5.94. The molecule has 1 aromatic heterocycles. The van der Waals surface area contributed by atoms with Crippen LogP contribution in [-0.2, 0) is 11.3 Å². The van der Waals surface area contributed by atoms with Crippen molar-refractivity contribution in [3.8, 4) is 0 Å². The number of furan rings is 1. The molecule has 0 radical (unpaired) electrons. The lowest BCUT2D eigenvalue weighted by molar-refractivity contribution is 0.0491. The molecule has 1 aromatic carbocycles. The fraction of sp³-hybridized carbons (Fsp3) is 0.389. The van der Waals surface area contributed by atoms with Crippen molar-refractivity contribution in [1.82, 2.24) is 4.90 Å². The second kappa shape index (κ2) is 6.79. The average molecular weight is 299 g/mol. The quantitative estimate of drug-likeness (QED) is 0.849. The predicted molar refractivity (Wildman–Crippen MR) is 83.6 cm³/mol. The Morgan fingerprint density at radius 1 is 1.27 bits per heavy atom. The zero-order valence-corrected chi connectivity index (χ0v) is 12.8. The summed E-state index contributed by atoms with van der Waals surface area (Å²) in [5, 5.41) is 0. The fourth-order valence-electron chi connectivity index (χ4n) is 2.72. The molecule has 1 atom stereocenters. The van der Waals surface area contributed by atoms with E-state index in [1.165, 1.54) is 0 Å². The van der Waals surface area contributed by atoms with Gasteiger partial charge < -0.3 is 14.1 Å². The molecule has 2 aromatic rings. The van der Waals surface area contributed by atoms with Crippen molar-refractivity contribution in [3.63, 3.8) is 0 Å². The summed E-state index contributed by atoms with van der Waals surface area (Å²) < 4.78 is 11.1. The standard InChI is InChI=1S/C18H21NO3/c1-14-6-8-15(9-7-14)18(20)19(12-16-4-2-10-21-16)13-17-5-3-11-22-17/h2,4,6-10,17H,3,5,11-13H2,1H3. The first-order valence-corrected chi connectivity index (χ1v) is 7.72. The van der Waals surface area contributed by atoms with Gasteiger partial charge in [-0.3, -0.25) is 4.79 Å². The number of hydrogen-bond donors (Lipinski definition) is 0. The highest BCUT2D eigenvalue weighted by Crippen LogP contribution is 2.17. The van der Waals surface area contributed by atoms with Gasteiger partial charge in [0.1, 0.15) is 5.76 Å². The first-order chi connectivity index (χ1) is 10.7. The van der Waals surface area contributed by atoms with E-state index in [4.69, 9.17) is 9.15 Å². The Morgan fingerprint density at radius 3 is 2.73 bits per heavy atom. The summed E-state index contributed by atoms with van der Waals surface area (Å²) >= 11 is 0. The van der Waals surface area contributed by atoms with E-state index in [1.807, 2.05) is 48.2 Å². The lowest BCUT2D eigenvalue weighted by atomic mass is 10.1. The highest BCUT2D eigenvalue weighted by atomic mass is 16.5. The van der Waals surface area contributed by atoms with Crippen LogP contribution in [0.15, 0.2) is 47.1 Å². The number of rotatable bonds is 5. The second-order valence-electron chi connectivity index (χ2n) is 5.77. The van der Waals surface area contributed by atoms with Gasteiger partial charge in [-0.2, -0.15) is 0 Å². The molecule has 0 spiro atoms. The summed E-state index contributed by atoms with van der Waals surface area (Å²) in [7, 11) is 0. The van der Waals surface area contributed by atoms with Gasteiger partial charge in [-0.1, -0.05) is 17.7 Å². The molecule has 1 saturated heterocycles. The minimum atomic E-state index is 0.0203. The first-order valence-electron chi connectivity index (χ1n) is 7.72. The van der Waals surface area contributed by atoms with Gasteiger partial charge in [0.25, 0.3) is 5.91 Å². The summed E-state index contributed by atoms with van der Waals surface area (Å²) in [5.41, 5.74) is 1.85. The van der Waals surface area contributed by atoms with Crippen LogP contribution in [0.4, 0.5) is 0 Å². The van der Waals surface area contributed by atoms with E-state index in [-0.39, 0.29) is 12.0 Å². The third-order valence-corrected chi connectivity index (χ3v) is 3.96. The van der Waals surface area contributed by atoms with E-state index in [9.17, 15) is 4.79 Å². The Kier molecular flexibility index (Phi) is 4.59. The van der Waals surface area contributed by atoms with E-state index >= 15 is 0 Å². The molecular formula is C18H21NO3. The fourth-order valence-corrected chi connectivity index (χ4v) is 2.72. The maximum absolute atomic E-state index is 12.8. The molecular weight excluding hydrogens is 278 g/mol. The largest absolute Gasteiger partial charge is 0.467 e. The zero-order chi connectivity index (χ0) is 15.4. The van der Waals surface area contributed by atoms with Gasteiger partial charge in [0, 0.05) is 18.7 Å². The Morgan fingerprint density at radius 2 is 2.09 bits per heavy atom. The van der Waals surface area contributed by atoms with Crippen LogP contribution in [0.3, 0.4) is 0 Å². The number of hydrogen-bond acceptors (Lipinski definition) is 3. The SMILES string of the molecule is Cc1ccc(C(=O)N(Cc2ccco2)CC2CCCO2)cc1. The van der Waals surface area contributed by atoms with Crippen molar-refractivity contribution in [2.24, 2.45) is 0 Å². The van der Waals surface area contributed by atoms with Crippen LogP contribution < -0.4 is 0 Å². The summed E-state index contributed by atoms with van der Waals surface area (Å²) in [6.45, 7) is 3.88. The summed E-state index contributed by atoms with van der Waals surface area (Å²) in [6.07, 6.45) is 3.84. The number of amides is 1. The molecule has 1 fully saturated rings. The van der Waals surface area contributed by atoms with Crippen LogP contribution in [0.1, 0.15) is 34.5 Å². The Balaban J connectivity index is 1.76. The predicted octanol–water partition coefficient (Wildman–Crippen LogP) is 3.41. The lowest BCUT2D eigenvalue weighted by Crippen LogP contribution is -2.36. The van der Waals surface area contributed by atoms with Gasteiger partial charge in [0.05, 0.1) is 18.9 Å². The molecule has 0 N–H and O–H groups in total. The van der Waals surface area contributed by atoms with Crippen LogP contribution in [0, 0.1) is 6.92 Å². The number of benzene rings is 1. The molecule has 2 heterocycles. The van der Waals surface area contributed by atoms with Gasteiger partial charge in [-0.25, -0.2) is 0 Å². The van der Waals surface area contributed by atoms with Crippen LogP contribution in [0.5, 0.6) is 0 Å². The van der Waals surface area contributed by atoms with E-state index in [0.29, 0.717) is 18.7 Å². The Labute approximate surface area is 130 Å². The molecule has 0 aliphatic carbocycles. The van der Waals surface area contributed by atoms with Crippen molar-refractivity contribution >= 4 is 5.91 Å². The van der Waals surface area contributed by atoms with Crippen molar-refractivity contribution in [1.29, 1.82) is 0 Å². The molecule has 1 aliphatic heterocycles. The van der Waals surface area contributed by atoms with Gasteiger partial charge in [-0.15, -0.1) is 0 Å². The molecule has 22 heavy (non-hydrogen) atoms. The lowest BCUT2D eigenvalue weighted by Gasteiger charge is -2.24. The maximum Gasteiger partial charge on any atom is 0.254 e. The van der Waals surface area contributed by atoms with Crippen molar-refractivity contribution in [2.45, 2.75) is 32.4 Å². The second-order valence-corrected chi connectivity index (χ2v) is 5.77. The van der Waals surface area contributed by atoms with E-state index in [1.54, 1.807) is 6.26 Å². The zero-order valence-electron chi connectivity index (χ0n) is 12.8. The third-order valence-electron chi connectivity index (χ3n) is 3.96. The van der Waals surface area contributed by atoms with E-state index in [0.717, 1.165) is 30.8 Å². The van der Waals surface area contributed by atoms with Crippen LogP contribution >= 0.6 is 0 Å². The number of nitrogens with zero attached hydrogens (tertiary/aromatic N) is 1. The van der Waals surface area contributed by atoms with Gasteiger partial charge in [0.2, 0.25) is 0 Å². The van der Waals surface area contributed by atoms with E-state index < -0.39 is 0 Å².